The predicted octanol–water partition coefficient (Wildman–Crippen LogP) is 4.39. The molecule has 1 aromatic rings. The number of carbonyl (C=O) groups is 2. The van der Waals surface area contributed by atoms with Crippen LogP contribution in [-0.2, 0) is 14.3 Å². The third-order valence-corrected chi connectivity index (χ3v) is 3.59. The Morgan fingerprint density at radius 1 is 1.26 bits per heavy atom. The van der Waals surface area contributed by atoms with Gasteiger partial charge in [-0.05, 0) is 44.7 Å². The molecule has 0 aromatic heterocycles. The lowest BCUT2D eigenvalue weighted by atomic mass is 9.94. The highest BCUT2D eigenvalue weighted by Crippen LogP contribution is 2.30. The molecule has 6 heteroatoms. The maximum Gasteiger partial charge on any atom is 0.328 e. The van der Waals surface area contributed by atoms with E-state index >= 15 is 0 Å². The van der Waals surface area contributed by atoms with Gasteiger partial charge >= 0.3 is 11.9 Å². The number of ether oxygens (including phenoxy) is 2. The number of hydrogen-bond acceptors (Lipinski definition) is 4. The van der Waals surface area contributed by atoms with Crippen molar-refractivity contribution in [2.75, 3.05) is 6.61 Å². The molecule has 0 bridgehead atoms. The fraction of sp³-hybridized carbons (Fsp3) is 0.529. The zero-order chi connectivity index (χ0) is 17.6. The standard InChI is InChI=1S/C17H22ClFO4/c1-11(2)7-6-10-22-15(20)17(3,4)16(21)23-14-12(18)8-5-9-13(14)19/h5,8-9,11H,6-7,10H2,1-4H3. The van der Waals surface area contributed by atoms with Crippen LogP contribution in [0.1, 0.15) is 40.5 Å². The summed E-state index contributed by atoms with van der Waals surface area (Å²) in [6.07, 6.45) is 1.64. The molecule has 0 aliphatic rings. The second-order valence-electron chi connectivity index (χ2n) is 6.24. The second-order valence-corrected chi connectivity index (χ2v) is 6.64. The van der Waals surface area contributed by atoms with E-state index in [2.05, 4.69) is 13.8 Å². The lowest BCUT2D eigenvalue weighted by molar-refractivity contribution is -0.164. The van der Waals surface area contributed by atoms with Gasteiger partial charge in [0.2, 0.25) is 0 Å². The van der Waals surface area contributed by atoms with Crippen molar-refractivity contribution in [3.63, 3.8) is 0 Å². The largest absolute Gasteiger partial charge is 0.465 e. The Morgan fingerprint density at radius 2 is 1.91 bits per heavy atom. The van der Waals surface area contributed by atoms with E-state index in [1.54, 1.807) is 0 Å². The van der Waals surface area contributed by atoms with Crippen molar-refractivity contribution in [1.29, 1.82) is 0 Å². The normalized spacial score (nSPS) is 11.4. The van der Waals surface area contributed by atoms with Crippen molar-refractivity contribution in [3.8, 4) is 5.75 Å². The van der Waals surface area contributed by atoms with E-state index in [0.29, 0.717) is 12.3 Å². The van der Waals surface area contributed by atoms with Crippen molar-refractivity contribution in [2.45, 2.75) is 40.5 Å². The molecule has 0 spiro atoms. The molecule has 1 aromatic carbocycles. The molecule has 0 atom stereocenters. The molecule has 0 aliphatic carbocycles. The van der Waals surface area contributed by atoms with Crippen molar-refractivity contribution < 1.29 is 23.5 Å². The summed E-state index contributed by atoms with van der Waals surface area (Å²) in [6.45, 7) is 7.11. The van der Waals surface area contributed by atoms with Gasteiger partial charge in [-0.1, -0.05) is 31.5 Å². The molecule has 0 amide bonds. The summed E-state index contributed by atoms with van der Waals surface area (Å²) in [7, 11) is 0. The first kappa shape index (κ1) is 19.4. The van der Waals surface area contributed by atoms with Gasteiger partial charge in [0, 0.05) is 0 Å². The van der Waals surface area contributed by atoms with Gasteiger partial charge in [0.15, 0.2) is 17.0 Å². The van der Waals surface area contributed by atoms with Crippen LogP contribution in [-0.4, -0.2) is 18.5 Å². The van der Waals surface area contributed by atoms with E-state index < -0.39 is 23.2 Å². The van der Waals surface area contributed by atoms with E-state index in [0.717, 1.165) is 12.5 Å². The van der Waals surface area contributed by atoms with E-state index in [-0.39, 0.29) is 17.4 Å². The lowest BCUT2D eigenvalue weighted by Crippen LogP contribution is -2.38. The van der Waals surface area contributed by atoms with Gasteiger partial charge in [-0.25, -0.2) is 4.39 Å². The quantitative estimate of drug-likeness (QED) is 0.318. The lowest BCUT2D eigenvalue weighted by Gasteiger charge is -2.21. The van der Waals surface area contributed by atoms with Crippen molar-refractivity contribution in [3.05, 3.63) is 29.0 Å². The number of rotatable bonds is 7. The minimum Gasteiger partial charge on any atom is -0.465 e. The molecule has 23 heavy (non-hydrogen) atoms. The van der Waals surface area contributed by atoms with Crippen molar-refractivity contribution >= 4 is 23.5 Å². The molecule has 0 saturated heterocycles. The highest BCUT2D eigenvalue weighted by atomic mass is 35.5. The first-order valence-corrected chi connectivity index (χ1v) is 7.87. The van der Waals surface area contributed by atoms with Gasteiger partial charge in [-0.3, -0.25) is 9.59 Å². The Hall–Kier alpha value is -1.62. The first-order chi connectivity index (χ1) is 10.7. The van der Waals surface area contributed by atoms with Crippen LogP contribution in [0.4, 0.5) is 4.39 Å². The smallest absolute Gasteiger partial charge is 0.328 e. The summed E-state index contributed by atoms with van der Waals surface area (Å²) in [5.74, 6) is -2.28. The summed E-state index contributed by atoms with van der Waals surface area (Å²) in [5, 5.41) is -0.0422. The molecule has 0 saturated carbocycles. The SMILES string of the molecule is CC(C)CCCOC(=O)C(C)(C)C(=O)Oc1c(F)cccc1Cl. The fourth-order valence-corrected chi connectivity index (χ4v) is 1.92. The fourth-order valence-electron chi connectivity index (χ4n) is 1.72. The Kier molecular flexibility index (Phi) is 7.01. The predicted molar refractivity (Wildman–Crippen MR) is 85.9 cm³/mol. The van der Waals surface area contributed by atoms with Crippen molar-refractivity contribution in [1.82, 2.24) is 0 Å². The van der Waals surface area contributed by atoms with Crippen LogP contribution in [0.5, 0.6) is 5.75 Å². The summed E-state index contributed by atoms with van der Waals surface area (Å²) in [6, 6.07) is 3.90. The van der Waals surface area contributed by atoms with Crippen LogP contribution in [0.15, 0.2) is 18.2 Å². The highest BCUT2D eigenvalue weighted by Gasteiger charge is 2.40. The average Bonchev–Trinajstić information content (AvgIpc) is 2.46. The third-order valence-electron chi connectivity index (χ3n) is 3.29. The number of benzene rings is 1. The molecular weight excluding hydrogens is 323 g/mol. The van der Waals surface area contributed by atoms with E-state index in [4.69, 9.17) is 21.1 Å². The van der Waals surface area contributed by atoms with Crippen LogP contribution >= 0.6 is 11.6 Å². The van der Waals surface area contributed by atoms with Crippen molar-refractivity contribution in [2.24, 2.45) is 11.3 Å². The van der Waals surface area contributed by atoms with Crippen LogP contribution in [0.2, 0.25) is 5.02 Å². The summed E-state index contributed by atoms with van der Waals surface area (Å²) >= 11 is 5.80. The molecule has 128 valence electrons. The Bertz CT molecular complexity index is 549. The van der Waals surface area contributed by atoms with Gasteiger partial charge in [0.1, 0.15) is 0 Å². The number of carbonyl (C=O) groups excluding carboxylic acids is 2. The number of esters is 2. The summed E-state index contributed by atoms with van der Waals surface area (Å²) in [4.78, 5) is 24.2. The first-order valence-electron chi connectivity index (χ1n) is 7.49. The maximum atomic E-state index is 13.6. The maximum absolute atomic E-state index is 13.6. The molecule has 1 rings (SSSR count). The van der Waals surface area contributed by atoms with Crippen LogP contribution in [0, 0.1) is 17.2 Å². The molecule has 0 aliphatic heterocycles. The molecular formula is C17H22ClFO4. The highest BCUT2D eigenvalue weighted by molar-refractivity contribution is 6.32. The van der Waals surface area contributed by atoms with E-state index in [1.807, 2.05) is 0 Å². The van der Waals surface area contributed by atoms with E-state index in [9.17, 15) is 14.0 Å². The molecule has 0 radical (unpaired) electrons. The van der Waals surface area contributed by atoms with E-state index in [1.165, 1.54) is 26.0 Å². The van der Waals surface area contributed by atoms with Crippen LogP contribution in [0.25, 0.3) is 0 Å². The molecule has 4 nitrogen and oxygen atoms in total. The molecule has 0 unspecified atom stereocenters. The Labute approximate surface area is 140 Å². The number of para-hydroxylation sites is 1. The average molecular weight is 345 g/mol. The second kappa shape index (κ2) is 8.29. The van der Waals surface area contributed by atoms with Gasteiger partial charge < -0.3 is 9.47 Å². The topological polar surface area (TPSA) is 52.6 Å². The van der Waals surface area contributed by atoms with Gasteiger partial charge in [-0.15, -0.1) is 0 Å². The number of hydrogen-bond donors (Lipinski definition) is 0. The zero-order valence-electron chi connectivity index (χ0n) is 13.8. The number of halogens is 2. The monoisotopic (exact) mass is 344 g/mol. The Morgan fingerprint density at radius 3 is 2.48 bits per heavy atom. The third kappa shape index (κ3) is 5.50. The van der Waals surface area contributed by atoms with Crippen LogP contribution < -0.4 is 4.74 Å². The minimum atomic E-state index is -1.55. The van der Waals surface area contributed by atoms with Gasteiger partial charge in [0.05, 0.1) is 11.6 Å². The van der Waals surface area contributed by atoms with Crippen LogP contribution in [0.3, 0.4) is 0 Å². The summed E-state index contributed by atoms with van der Waals surface area (Å²) < 4.78 is 23.7. The zero-order valence-corrected chi connectivity index (χ0v) is 14.6. The Balaban J connectivity index is 2.67. The van der Waals surface area contributed by atoms with Gasteiger partial charge in [-0.2, -0.15) is 0 Å². The van der Waals surface area contributed by atoms with Gasteiger partial charge in [0.25, 0.3) is 0 Å². The summed E-state index contributed by atoms with van der Waals surface area (Å²) in [5.41, 5.74) is -1.55. The molecule has 0 N–H and O–H groups in total. The molecule has 0 fully saturated rings. The molecule has 0 heterocycles. The minimum absolute atomic E-state index is 0.0422.